The number of hydrogen-bond acceptors (Lipinski definition) is 5. The molecular formula is C20H27N3O3. The average Bonchev–Trinajstić information content (AvgIpc) is 2.66. The van der Waals surface area contributed by atoms with E-state index in [1.54, 1.807) is 23.9 Å². The van der Waals surface area contributed by atoms with Gasteiger partial charge in [-0.25, -0.2) is 0 Å². The van der Waals surface area contributed by atoms with E-state index < -0.39 is 0 Å². The Labute approximate surface area is 154 Å². The maximum atomic E-state index is 13.3. The van der Waals surface area contributed by atoms with Crippen molar-refractivity contribution in [2.24, 2.45) is 0 Å². The molecule has 6 heteroatoms. The van der Waals surface area contributed by atoms with E-state index >= 15 is 0 Å². The second-order valence-electron chi connectivity index (χ2n) is 6.79. The Morgan fingerprint density at radius 2 is 2.04 bits per heavy atom. The van der Waals surface area contributed by atoms with E-state index in [0.29, 0.717) is 18.7 Å². The van der Waals surface area contributed by atoms with Gasteiger partial charge in [0.25, 0.3) is 5.56 Å². The number of likely N-dealkylation sites (tertiary alicyclic amines) is 1. The number of piperidine rings is 1. The summed E-state index contributed by atoms with van der Waals surface area (Å²) in [6.45, 7) is 4.53. The average molecular weight is 357 g/mol. The Morgan fingerprint density at radius 3 is 2.69 bits per heavy atom. The van der Waals surface area contributed by atoms with Crippen LogP contribution in [0.4, 0.5) is 0 Å². The van der Waals surface area contributed by atoms with Gasteiger partial charge in [0, 0.05) is 25.5 Å². The molecule has 6 nitrogen and oxygen atoms in total. The van der Waals surface area contributed by atoms with Crippen molar-refractivity contribution in [2.45, 2.75) is 38.8 Å². The van der Waals surface area contributed by atoms with Gasteiger partial charge in [0.2, 0.25) is 0 Å². The predicted octanol–water partition coefficient (Wildman–Crippen LogP) is 2.48. The maximum absolute atomic E-state index is 13.3. The van der Waals surface area contributed by atoms with Crippen molar-refractivity contribution in [3.63, 3.8) is 0 Å². The lowest BCUT2D eigenvalue weighted by Gasteiger charge is -2.34. The summed E-state index contributed by atoms with van der Waals surface area (Å²) >= 11 is 0. The van der Waals surface area contributed by atoms with Crippen molar-refractivity contribution in [3.8, 4) is 5.75 Å². The van der Waals surface area contributed by atoms with Gasteiger partial charge in [0.05, 0.1) is 23.9 Å². The van der Waals surface area contributed by atoms with Crippen LogP contribution in [0, 0.1) is 6.92 Å². The number of methoxy groups -OCH3 is 1. The monoisotopic (exact) mass is 357 g/mol. The smallest absolute Gasteiger partial charge is 0.259 e. The predicted molar refractivity (Wildman–Crippen MR) is 100 cm³/mol. The van der Waals surface area contributed by atoms with E-state index in [-0.39, 0.29) is 17.4 Å². The minimum Gasteiger partial charge on any atom is -0.507 e. The third-order valence-electron chi connectivity index (χ3n) is 5.04. The first kappa shape index (κ1) is 18.6. The zero-order chi connectivity index (χ0) is 18.5. The van der Waals surface area contributed by atoms with Gasteiger partial charge >= 0.3 is 0 Å². The van der Waals surface area contributed by atoms with Crippen molar-refractivity contribution in [3.05, 3.63) is 57.8 Å². The molecule has 1 saturated heterocycles. The lowest BCUT2D eigenvalue weighted by atomic mass is 9.98. The van der Waals surface area contributed by atoms with Gasteiger partial charge in [0.15, 0.2) is 0 Å². The standard InChI is InChI=1S/C20H27N3O3/c1-15-14-17(24)18(20(25)23(15)12-13-26-2)19(16-8-4-5-9-21-16)22-10-6-3-7-11-22/h4-5,8-9,14,19,24H,3,6-7,10-13H2,1-2H3/t19-/m0/s1. The molecule has 0 aromatic carbocycles. The summed E-state index contributed by atoms with van der Waals surface area (Å²) < 4.78 is 6.82. The van der Waals surface area contributed by atoms with Crippen LogP contribution in [0.1, 0.15) is 42.3 Å². The van der Waals surface area contributed by atoms with E-state index in [1.807, 2.05) is 25.1 Å². The highest BCUT2D eigenvalue weighted by molar-refractivity contribution is 5.39. The third-order valence-corrected chi connectivity index (χ3v) is 5.04. The molecule has 140 valence electrons. The quantitative estimate of drug-likeness (QED) is 0.860. The highest BCUT2D eigenvalue weighted by atomic mass is 16.5. The van der Waals surface area contributed by atoms with Crippen molar-refractivity contribution in [2.75, 3.05) is 26.8 Å². The van der Waals surface area contributed by atoms with Gasteiger partial charge < -0.3 is 14.4 Å². The molecule has 0 saturated carbocycles. The SMILES string of the molecule is COCCn1c(C)cc(O)c([C@H](c2ccccn2)N2CCCCC2)c1=O. The molecule has 2 aromatic rings. The van der Waals surface area contributed by atoms with Gasteiger partial charge in [-0.2, -0.15) is 0 Å². The molecule has 0 bridgehead atoms. The zero-order valence-corrected chi connectivity index (χ0v) is 15.5. The summed E-state index contributed by atoms with van der Waals surface area (Å²) in [5.41, 5.74) is 1.77. The van der Waals surface area contributed by atoms with E-state index in [4.69, 9.17) is 4.74 Å². The summed E-state index contributed by atoms with van der Waals surface area (Å²) in [5, 5.41) is 10.7. The first-order chi connectivity index (χ1) is 12.6. The highest BCUT2D eigenvalue weighted by Gasteiger charge is 2.30. The van der Waals surface area contributed by atoms with Crippen LogP contribution in [0.15, 0.2) is 35.3 Å². The van der Waals surface area contributed by atoms with Gasteiger partial charge in [-0.05, 0) is 51.1 Å². The molecule has 1 atom stereocenters. The third kappa shape index (κ3) is 3.81. The summed E-state index contributed by atoms with van der Waals surface area (Å²) in [5.74, 6) is 0.0439. The van der Waals surface area contributed by atoms with Gasteiger partial charge in [-0.15, -0.1) is 0 Å². The van der Waals surface area contributed by atoms with Crippen molar-refractivity contribution in [1.29, 1.82) is 0 Å². The van der Waals surface area contributed by atoms with Crippen LogP contribution in [0.2, 0.25) is 0 Å². The molecular weight excluding hydrogens is 330 g/mol. The molecule has 1 fully saturated rings. The van der Waals surface area contributed by atoms with Crippen LogP contribution in [0.25, 0.3) is 0 Å². The fourth-order valence-corrected chi connectivity index (χ4v) is 3.72. The number of nitrogens with zero attached hydrogens (tertiary/aromatic N) is 3. The second kappa shape index (κ2) is 8.47. The number of ether oxygens (including phenoxy) is 1. The minimum atomic E-state index is -0.335. The van der Waals surface area contributed by atoms with Crippen LogP contribution < -0.4 is 5.56 Å². The number of hydrogen-bond donors (Lipinski definition) is 1. The summed E-state index contributed by atoms with van der Waals surface area (Å²) in [7, 11) is 1.62. The lowest BCUT2D eigenvalue weighted by molar-refractivity contribution is 0.176. The molecule has 26 heavy (non-hydrogen) atoms. The summed E-state index contributed by atoms with van der Waals surface area (Å²) in [6.07, 6.45) is 5.12. The van der Waals surface area contributed by atoms with Crippen molar-refractivity contribution in [1.82, 2.24) is 14.5 Å². The number of rotatable bonds is 6. The second-order valence-corrected chi connectivity index (χ2v) is 6.79. The molecule has 1 N–H and O–H groups in total. The van der Waals surface area contributed by atoms with Crippen LogP contribution in [-0.2, 0) is 11.3 Å². The van der Waals surface area contributed by atoms with E-state index in [1.165, 1.54) is 6.42 Å². The molecule has 3 heterocycles. The Hall–Kier alpha value is -2.18. The highest BCUT2D eigenvalue weighted by Crippen LogP contribution is 2.33. The molecule has 0 radical (unpaired) electrons. The molecule has 3 rings (SSSR count). The fraction of sp³-hybridized carbons (Fsp3) is 0.500. The Bertz CT molecular complexity index is 783. The molecule has 0 spiro atoms. The maximum Gasteiger partial charge on any atom is 0.259 e. The normalized spacial score (nSPS) is 16.5. The Kier molecular flexibility index (Phi) is 6.06. The largest absolute Gasteiger partial charge is 0.507 e. The number of aromatic nitrogens is 2. The zero-order valence-electron chi connectivity index (χ0n) is 15.5. The van der Waals surface area contributed by atoms with E-state index in [9.17, 15) is 9.90 Å². The van der Waals surface area contributed by atoms with Crippen molar-refractivity contribution < 1.29 is 9.84 Å². The van der Waals surface area contributed by atoms with Crippen LogP contribution >= 0.6 is 0 Å². The molecule has 1 aliphatic heterocycles. The van der Waals surface area contributed by atoms with Crippen LogP contribution in [-0.4, -0.2) is 46.4 Å². The first-order valence-corrected chi connectivity index (χ1v) is 9.20. The fourth-order valence-electron chi connectivity index (χ4n) is 3.72. The summed E-state index contributed by atoms with van der Waals surface area (Å²) in [4.78, 5) is 20.0. The van der Waals surface area contributed by atoms with Gasteiger partial charge in [-0.3, -0.25) is 14.7 Å². The molecule has 1 aliphatic rings. The lowest BCUT2D eigenvalue weighted by Crippen LogP contribution is -2.39. The van der Waals surface area contributed by atoms with Gasteiger partial charge in [-0.1, -0.05) is 12.5 Å². The Balaban J connectivity index is 2.13. The number of aryl methyl sites for hydroxylation is 1. The van der Waals surface area contributed by atoms with Gasteiger partial charge in [0.1, 0.15) is 5.75 Å². The minimum absolute atomic E-state index is 0.0439. The van der Waals surface area contributed by atoms with E-state index in [0.717, 1.165) is 37.3 Å². The van der Waals surface area contributed by atoms with Crippen molar-refractivity contribution >= 4 is 0 Å². The Morgan fingerprint density at radius 1 is 1.27 bits per heavy atom. The number of aromatic hydroxyl groups is 1. The molecule has 0 unspecified atom stereocenters. The molecule has 0 amide bonds. The van der Waals surface area contributed by atoms with Crippen LogP contribution in [0.3, 0.4) is 0 Å². The van der Waals surface area contributed by atoms with E-state index in [2.05, 4.69) is 9.88 Å². The topological polar surface area (TPSA) is 67.6 Å². The molecule has 2 aromatic heterocycles. The van der Waals surface area contributed by atoms with Crippen LogP contribution in [0.5, 0.6) is 5.75 Å². The number of pyridine rings is 2. The summed E-state index contributed by atoms with van der Waals surface area (Å²) in [6, 6.07) is 7.05. The first-order valence-electron chi connectivity index (χ1n) is 9.20. The molecule has 0 aliphatic carbocycles.